The highest BCUT2D eigenvalue weighted by Gasteiger charge is 2.28. The zero-order chi connectivity index (χ0) is 20.3. The molecule has 0 atom stereocenters. The summed E-state index contributed by atoms with van der Waals surface area (Å²) >= 11 is 0. The summed E-state index contributed by atoms with van der Waals surface area (Å²) in [6.45, 7) is 0.854. The van der Waals surface area contributed by atoms with Crippen molar-refractivity contribution in [2.45, 2.75) is 18.9 Å². The Morgan fingerprint density at radius 2 is 1.75 bits per heavy atom. The molecule has 1 saturated heterocycles. The summed E-state index contributed by atoms with van der Waals surface area (Å²) in [6.07, 6.45) is 3.46. The minimum absolute atomic E-state index is 0.00846. The van der Waals surface area contributed by atoms with Gasteiger partial charge in [0.15, 0.2) is 0 Å². The molecule has 1 aromatic heterocycles. The Morgan fingerprint density at radius 3 is 2.29 bits per heavy atom. The van der Waals surface area contributed by atoms with Crippen LogP contribution < -0.4 is 9.47 Å². The van der Waals surface area contributed by atoms with Gasteiger partial charge >= 0.3 is 12.1 Å². The van der Waals surface area contributed by atoms with E-state index < -0.39 is 6.09 Å². The van der Waals surface area contributed by atoms with Gasteiger partial charge in [0.2, 0.25) is 0 Å². The smallest absolute Gasteiger partial charge is 0.407 e. The van der Waals surface area contributed by atoms with Crippen molar-refractivity contribution in [1.29, 1.82) is 0 Å². The van der Waals surface area contributed by atoms with E-state index in [9.17, 15) is 9.59 Å². The monoisotopic (exact) mass is 388 g/mol. The van der Waals surface area contributed by atoms with E-state index in [1.165, 1.54) is 15.8 Å². The number of nitrogens with zero attached hydrogens (tertiary/aromatic N) is 4. The number of benzene rings is 1. The molecule has 0 radical (unpaired) electrons. The van der Waals surface area contributed by atoms with E-state index in [2.05, 4.69) is 4.98 Å². The molecule has 0 unspecified atom stereocenters. The SMILES string of the molecule is COc1cc(OC)cc(-c2cn(C(=O)N(C)C3CCN(C(=O)O)CC3)cn2)c1. The van der Waals surface area contributed by atoms with Gasteiger partial charge in [-0.15, -0.1) is 0 Å². The van der Waals surface area contributed by atoms with Crippen LogP contribution in [0.15, 0.2) is 30.7 Å². The number of carboxylic acid groups (broad SMARTS) is 1. The third-order valence-electron chi connectivity index (χ3n) is 5.04. The average Bonchev–Trinajstić information content (AvgIpc) is 3.22. The predicted octanol–water partition coefficient (Wildman–Crippen LogP) is 2.61. The molecule has 3 rings (SSSR count). The lowest BCUT2D eigenvalue weighted by molar-refractivity contribution is 0.112. The molecule has 0 spiro atoms. The first-order chi connectivity index (χ1) is 13.4. The maximum atomic E-state index is 12.8. The standard InChI is InChI=1S/C19H24N4O5/c1-21(14-4-6-22(7-5-14)19(25)26)18(24)23-11-17(20-12-23)13-8-15(27-2)10-16(9-13)28-3/h8-12,14H,4-7H2,1-3H3,(H,25,26). The Labute approximate surface area is 163 Å². The lowest BCUT2D eigenvalue weighted by Crippen LogP contribution is -2.47. The van der Waals surface area contributed by atoms with E-state index in [0.717, 1.165) is 5.56 Å². The Balaban J connectivity index is 1.73. The third kappa shape index (κ3) is 4.03. The van der Waals surface area contributed by atoms with Crippen LogP contribution in [0.3, 0.4) is 0 Å². The van der Waals surface area contributed by atoms with Gasteiger partial charge in [0, 0.05) is 44.0 Å². The largest absolute Gasteiger partial charge is 0.497 e. The molecule has 1 N–H and O–H groups in total. The maximum absolute atomic E-state index is 12.8. The molecular formula is C19H24N4O5. The molecule has 9 heteroatoms. The minimum atomic E-state index is -0.916. The highest BCUT2D eigenvalue weighted by molar-refractivity contribution is 5.78. The molecule has 0 bridgehead atoms. The Morgan fingerprint density at radius 1 is 1.14 bits per heavy atom. The van der Waals surface area contributed by atoms with Crippen molar-refractivity contribution in [2.75, 3.05) is 34.4 Å². The van der Waals surface area contributed by atoms with Gasteiger partial charge in [-0.3, -0.25) is 4.57 Å². The molecule has 0 saturated carbocycles. The number of amides is 2. The lowest BCUT2D eigenvalue weighted by Gasteiger charge is -2.35. The van der Waals surface area contributed by atoms with Crippen LogP contribution in [0.1, 0.15) is 12.8 Å². The molecule has 2 amide bonds. The van der Waals surface area contributed by atoms with E-state index in [-0.39, 0.29) is 12.1 Å². The molecule has 0 aliphatic carbocycles. The molecule has 150 valence electrons. The molecule has 1 aliphatic heterocycles. The Kier molecular flexibility index (Phi) is 5.72. The molecule has 2 aromatic rings. The summed E-state index contributed by atoms with van der Waals surface area (Å²) in [6, 6.07) is 5.20. The van der Waals surface area contributed by atoms with Gasteiger partial charge in [-0.25, -0.2) is 14.6 Å². The fraction of sp³-hybridized carbons (Fsp3) is 0.421. The zero-order valence-corrected chi connectivity index (χ0v) is 16.2. The van der Waals surface area contributed by atoms with E-state index in [0.29, 0.717) is 43.1 Å². The summed E-state index contributed by atoms with van der Waals surface area (Å²) < 4.78 is 12.0. The number of ether oxygens (including phenoxy) is 2. The number of methoxy groups -OCH3 is 2. The molecule has 28 heavy (non-hydrogen) atoms. The number of likely N-dealkylation sites (tertiary alicyclic amines) is 1. The number of imidazole rings is 1. The predicted molar refractivity (Wildman–Crippen MR) is 102 cm³/mol. The summed E-state index contributed by atoms with van der Waals surface area (Å²) in [5.74, 6) is 1.27. The van der Waals surface area contributed by atoms with Crippen molar-refractivity contribution in [2.24, 2.45) is 0 Å². The summed E-state index contributed by atoms with van der Waals surface area (Å²) in [7, 11) is 4.88. The molecular weight excluding hydrogens is 364 g/mol. The van der Waals surface area contributed by atoms with Gasteiger partial charge in [-0.05, 0) is 25.0 Å². The summed E-state index contributed by atoms with van der Waals surface area (Å²) in [5.41, 5.74) is 1.40. The van der Waals surface area contributed by atoms with Crippen LogP contribution in [0.4, 0.5) is 9.59 Å². The van der Waals surface area contributed by atoms with Crippen molar-refractivity contribution < 1.29 is 24.2 Å². The number of hydrogen-bond donors (Lipinski definition) is 1. The van der Waals surface area contributed by atoms with Crippen LogP contribution in [0.2, 0.25) is 0 Å². The number of rotatable bonds is 4. The molecule has 1 fully saturated rings. The second-order valence-corrected chi connectivity index (χ2v) is 6.66. The second-order valence-electron chi connectivity index (χ2n) is 6.66. The zero-order valence-electron chi connectivity index (χ0n) is 16.2. The normalized spacial score (nSPS) is 14.6. The van der Waals surface area contributed by atoms with E-state index >= 15 is 0 Å². The van der Waals surface area contributed by atoms with Gasteiger partial charge in [-0.1, -0.05) is 0 Å². The molecule has 1 aromatic carbocycles. The highest BCUT2D eigenvalue weighted by Crippen LogP contribution is 2.29. The first-order valence-corrected chi connectivity index (χ1v) is 8.95. The van der Waals surface area contributed by atoms with Crippen LogP contribution in [-0.2, 0) is 0 Å². The number of piperidine rings is 1. The first kappa shape index (κ1) is 19.5. The minimum Gasteiger partial charge on any atom is -0.497 e. The van der Waals surface area contributed by atoms with Gasteiger partial charge in [0.25, 0.3) is 0 Å². The Hall–Kier alpha value is -3.23. The molecule has 1 aliphatic rings. The summed E-state index contributed by atoms with van der Waals surface area (Å²) in [5, 5.41) is 9.05. The number of carbonyl (C=O) groups excluding carboxylic acids is 1. The van der Waals surface area contributed by atoms with Crippen molar-refractivity contribution in [1.82, 2.24) is 19.4 Å². The second kappa shape index (κ2) is 8.20. The number of hydrogen-bond acceptors (Lipinski definition) is 5. The topological polar surface area (TPSA) is 97.1 Å². The third-order valence-corrected chi connectivity index (χ3v) is 5.04. The fourth-order valence-electron chi connectivity index (χ4n) is 3.31. The van der Waals surface area contributed by atoms with Gasteiger partial charge in [-0.2, -0.15) is 0 Å². The van der Waals surface area contributed by atoms with Crippen molar-refractivity contribution in [3.8, 4) is 22.8 Å². The lowest BCUT2D eigenvalue weighted by atomic mass is 10.0. The van der Waals surface area contributed by atoms with E-state index in [1.54, 1.807) is 38.4 Å². The van der Waals surface area contributed by atoms with Crippen LogP contribution in [-0.4, -0.2) is 77.0 Å². The Bertz CT molecular complexity index is 836. The van der Waals surface area contributed by atoms with Crippen molar-refractivity contribution >= 4 is 12.1 Å². The average molecular weight is 388 g/mol. The molecule has 2 heterocycles. The van der Waals surface area contributed by atoms with Crippen LogP contribution in [0.5, 0.6) is 11.5 Å². The first-order valence-electron chi connectivity index (χ1n) is 8.95. The van der Waals surface area contributed by atoms with Crippen LogP contribution >= 0.6 is 0 Å². The van der Waals surface area contributed by atoms with Crippen LogP contribution in [0.25, 0.3) is 11.3 Å². The maximum Gasteiger partial charge on any atom is 0.407 e. The van der Waals surface area contributed by atoms with Gasteiger partial charge in [0.05, 0.1) is 19.9 Å². The summed E-state index contributed by atoms with van der Waals surface area (Å²) in [4.78, 5) is 31.2. The number of carbonyl (C=O) groups is 2. The number of aromatic nitrogens is 2. The molecule has 9 nitrogen and oxygen atoms in total. The van der Waals surface area contributed by atoms with Crippen LogP contribution in [0, 0.1) is 0 Å². The fourth-order valence-corrected chi connectivity index (χ4v) is 3.31. The quantitative estimate of drug-likeness (QED) is 0.865. The highest BCUT2D eigenvalue weighted by atomic mass is 16.5. The van der Waals surface area contributed by atoms with Crippen molar-refractivity contribution in [3.05, 3.63) is 30.7 Å². The van der Waals surface area contributed by atoms with Gasteiger partial charge < -0.3 is 24.4 Å². The van der Waals surface area contributed by atoms with E-state index in [1.807, 2.05) is 12.1 Å². The van der Waals surface area contributed by atoms with Gasteiger partial charge in [0.1, 0.15) is 17.8 Å². The van der Waals surface area contributed by atoms with E-state index in [4.69, 9.17) is 14.6 Å². The van der Waals surface area contributed by atoms with Crippen molar-refractivity contribution in [3.63, 3.8) is 0 Å².